The van der Waals surface area contributed by atoms with E-state index in [0.717, 1.165) is 11.3 Å². The number of aromatic nitrogens is 3. The molecule has 10 heteroatoms. The van der Waals surface area contributed by atoms with Crippen LogP contribution in [0, 0.1) is 0 Å². The van der Waals surface area contributed by atoms with Gasteiger partial charge in [-0.3, -0.25) is 9.78 Å². The molecule has 0 aliphatic carbocycles. The van der Waals surface area contributed by atoms with E-state index in [0.29, 0.717) is 11.2 Å². The average molecular weight is 414 g/mol. The number of hydrogen-bond donors (Lipinski definition) is 3. The van der Waals surface area contributed by atoms with Crippen molar-refractivity contribution < 1.29 is 24.1 Å². The second-order valence-corrected chi connectivity index (χ2v) is 7.60. The number of ether oxygens (including phenoxy) is 4. The summed E-state index contributed by atoms with van der Waals surface area (Å²) in [5.74, 6) is 0.717. The number of aromatic amines is 1. The normalized spacial score (nSPS) is 30.6. The fraction of sp³-hybridized carbons (Fsp3) is 0.400. The summed E-state index contributed by atoms with van der Waals surface area (Å²) in [6.45, 7) is 1.63. The van der Waals surface area contributed by atoms with Gasteiger partial charge in [-0.2, -0.15) is 0 Å². The lowest BCUT2D eigenvalue weighted by atomic mass is 9.91. The predicted molar refractivity (Wildman–Crippen MR) is 105 cm³/mol. The number of benzene rings is 1. The van der Waals surface area contributed by atoms with Crippen LogP contribution in [0.2, 0.25) is 0 Å². The highest BCUT2D eigenvalue weighted by Gasteiger charge is 2.62. The molecule has 2 aliphatic heterocycles. The van der Waals surface area contributed by atoms with Gasteiger partial charge in [0.15, 0.2) is 6.29 Å². The predicted octanol–water partition coefficient (Wildman–Crippen LogP) is 0.918. The van der Waals surface area contributed by atoms with Crippen LogP contribution in [0.15, 0.2) is 41.2 Å². The van der Waals surface area contributed by atoms with Gasteiger partial charge in [0.2, 0.25) is 5.95 Å². The second-order valence-electron chi connectivity index (χ2n) is 7.60. The molecular weight excluding hydrogens is 392 g/mol. The maximum Gasteiger partial charge on any atom is 0.276 e. The van der Waals surface area contributed by atoms with Crippen molar-refractivity contribution in [3.05, 3.63) is 58.0 Å². The van der Waals surface area contributed by atoms with Gasteiger partial charge in [-0.15, -0.1) is 5.10 Å². The first-order valence-corrected chi connectivity index (χ1v) is 9.55. The molecule has 2 aliphatic rings. The smallest absolute Gasteiger partial charge is 0.276 e. The van der Waals surface area contributed by atoms with Gasteiger partial charge in [0.05, 0.1) is 19.4 Å². The Morgan fingerprint density at radius 1 is 1.27 bits per heavy atom. The van der Waals surface area contributed by atoms with Crippen LogP contribution >= 0.6 is 0 Å². The van der Waals surface area contributed by atoms with Crippen molar-refractivity contribution in [1.29, 1.82) is 0 Å². The first kappa shape index (κ1) is 19.1. The molecular formula is C20H22N4O6. The standard InChI is InChI=1S/C20H22N4O6/c1-20-15(12-7-8-13-17(26)22-19(21)23-24(12)13)28-14(9-25)16(20)29-18(30-20)10-3-5-11(27-2)6-4-10/h3-8,14-16,18,25H,9H2,1-2H3,(H3,21,22,23,26)/t14-,15+,16-,18?,20+/m1/s1. The lowest BCUT2D eigenvalue weighted by molar-refractivity contribution is -0.158. The number of methoxy groups -OCH3 is 1. The molecule has 30 heavy (non-hydrogen) atoms. The number of hydrogen-bond acceptors (Lipinski definition) is 8. The van der Waals surface area contributed by atoms with Gasteiger partial charge in [-0.25, -0.2) is 4.52 Å². The van der Waals surface area contributed by atoms with Crippen LogP contribution in [0.3, 0.4) is 0 Å². The summed E-state index contributed by atoms with van der Waals surface area (Å²) in [6.07, 6.45) is -2.41. The fourth-order valence-electron chi connectivity index (χ4n) is 4.29. The van der Waals surface area contributed by atoms with E-state index < -0.39 is 30.2 Å². The fourth-order valence-corrected chi connectivity index (χ4v) is 4.29. The van der Waals surface area contributed by atoms with Gasteiger partial charge in [0, 0.05) is 5.56 Å². The van der Waals surface area contributed by atoms with Gasteiger partial charge < -0.3 is 29.8 Å². The van der Waals surface area contributed by atoms with Gasteiger partial charge in [0.25, 0.3) is 5.56 Å². The molecule has 0 amide bonds. The van der Waals surface area contributed by atoms with Crippen LogP contribution in [0.4, 0.5) is 5.95 Å². The molecule has 0 saturated carbocycles. The molecule has 0 bridgehead atoms. The Labute approximate surface area is 171 Å². The first-order chi connectivity index (χ1) is 14.4. The van der Waals surface area contributed by atoms with E-state index in [9.17, 15) is 9.90 Å². The van der Waals surface area contributed by atoms with E-state index in [-0.39, 0.29) is 18.1 Å². The van der Waals surface area contributed by atoms with E-state index in [1.54, 1.807) is 19.2 Å². The van der Waals surface area contributed by atoms with E-state index in [1.165, 1.54) is 4.52 Å². The number of nitrogens with one attached hydrogen (secondary N) is 1. The number of rotatable bonds is 4. The maximum atomic E-state index is 12.2. The minimum absolute atomic E-state index is 0.0111. The van der Waals surface area contributed by atoms with E-state index in [4.69, 9.17) is 24.7 Å². The molecule has 0 radical (unpaired) electrons. The molecule has 2 aromatic heterocycles. The summed E-state index contributed by atoms with van der Waals surface area (Å²) in [5.41, 5.74) is 6.19. The molecule has 2 fully saturated rings. The average Bonchev–Trinajstić information content (AvgIpc) is 3.38. The summed E-state index contributed by atoms with van der Waals surface area (Å²) in [6, 6.07) is 10.8. The van der Waals surface area contributed by atoms with Crippen LogP contribution in [0.1, 0.15) is 30.6 Å². The zero-order valence-electron chi connectivity index (χ0n) is 16.4. The Balaban J connectivity index is 1.54. The number of nitrogens with two attached hydrogens (primary N) is 1. The molecule has 1 unspecified atom stereocenters. The van der Waals surface area contributed by atoms with E-state index >= 15 is 0 Å². The number of aliphatic hydroxyl groups excluding tert-OH is 1. The number of fused-ring (bicyclic) bond motifs is 2. The van der Waals surface area contributed by atoms with Crippen molar-refractivity contribution in [2.45, 2.75) is 37.1 Å². The van der Waals surface area contributed by atoms with E-state index in [2.05, 4.69) is 10.1 Å². The zero-order valence-corrected chi connectivity index (χ0v) is 16.4. The minimum Gasteiger partial charge on any atom is -0.497 e. The Kier molecular flexibility index (Phi) is 4.33. The molecule has 10 nitrogen and oxygen atoms in total. The van der Waals surface area contributed by atoms with Crippen molar-refractivity contribution >= 4 is 11.5 Å². The highest BCUT2D eigenvalue weighted by atomic mass is 16.8. The quantitative estimate of drug-likeness (QED) is 0.574. The first-order valence-electron chi connectivity index (χ1n) is 9.55. The molecule has 3 aromatic rings. The maximum absolute atomic E-state index is 12.2. The summed E-state index contributed by atoms with van der Waals surface area (Å²) in [4.78, 5) is 14.7. The number of anilines is 1. The van der Waals surface area contributed by atoms with E-state index in [1.807, 2.05) is 31.2 Å². The number of aliphatic hydroxyl groups is 1. The molecule has 4 N–H and O–H groups in total. The largest absolute Gasteiger partial charge is 0.497 e. The number of H-pyrrole nitrogens is 1. The Bertz CT molecular complexity index is 1140. The lowest BCUT2D eigenvalue weighted by Crippen LogP contribution is -2.40. The number of nitrogen functional groups attached to an aromatic ring is 1. The van der Waals surface area contributed by atoms with Gasteiger partial charge in [-0.1, -0.05) is 12.1 Å². The van der Waals surface area contributed by atoms with Crippen molar-refractivity contribution in [1.82, 2.24) is 14.6 Å². The van der Waals surface area contributed by atoms with Crippen LogP contribution in [0.5, 0.6) is 5.75 Å². The molecule has 4 heterocycles. The highest BCUT2D eigenvalue weighted by molar-refractivity contribution is 5.48. The third kappa shape index (κ3) is 2.72. The summed E-state index contributed by atoms with van der Waals surface area (Å²) >= 11 is 0. The molecule has 2 saturated heterocycles. The van der Waals surface area contributed by atoms with Gasteiger partial charge in [0.1, 0.15) is 35.2 Å². The summed E-state index contributed by atoms with van der Waals surface area (Å²) in [7, 11) is 1.60. The number of nitrogens with zero attached hydrogens (tertiary/aromatic N) is 2. The Morgan fingerprint density at radius 2 is 2.03 bits per heavy atom. The molecule has 5 rings (SSSR count). The summed E-state index contributed by atoms with van der Waals surface area (Å²) < 4.78 is 25.3. The minimum atomic E-state index is -0.925. The Hall–Kier alpha value is -2.92. The molecule has 1 aromatic carbocycles. The van der Waals surface area contributed by atoms with Crippen LogP contribution in [0.25, 0.3) is 5.52 Å². The van der Waals surface area contributed by atoms with Crippen molar-refractivity contribution in [2.75, 3.05) is 19.5 Å². The monoisotopic (exact) mass is 414 g/mol. The lowest BCUT2D eigenvalue weighted by Gasteiger charge is -2.27. The highest BCUT2D eigenvalue weighted by Crippen LogP contribution is 2.53. The molecule has 0 spiro atoms. The second kappa shape index (κ2) is 6.81. The van der Waals surface area contributed by atoms with Crippen molar-refractivity contribution in [3.63, 3.8) is 0 Å². The topological polar surface area (TPSA) is 133 Å². The van der Waals surface area contributed by atoms with Crippen molar-refractivity contribution in [2.24, 2.45) is 0 Å². The zero-order chi connectivity index (χ0) is 21.0. The van der Waals surface area contributed by atoms with Gasteiger partial charge >= 0.3 is 0 Å². The Morgan fingerprint density at radius 3 is 2.73 bits per heavy atom. The third-order valence-electron chi connectivity index (χ3n) is 5.77. The van der Waals surface area contributed by atoms with Crippen LogP contribution < -0.4 is 16.0 Å². The summed E-state index contributed by atoms with van der Waals surface area (Å²) in [5, 5.41) is 14.1. The SMILES string of the molecule is COc1ccc(C2O[C@@H]3[C@@H](CO)O[C@@H](c4ccc5c(=O)[nH]c(N)nn45)[C@]3(C)O2)cc1. The van der Waals surface area contributed by atoms with Crippen LogP contribution in [-0.4, -0.2) is 51.2 Å². The van der Waals surface area contributed by atoms with Crippen LogP contribution in [-0.2, 0) is 14.2 Å². The third-order valence-corrected chi connectivity index (χ3v) is 5.77. The molecule has 158 valence electrons. The molecule has 5 atom stereocenters. The van der Waals surface area contributed by atoms with Gasteiger partial charge in [-0.05, 0) is 31.2 Å². The van der Waals surface area contributed by atoms with Crippen molar-refractivity contribution in [3.8, 4) is 5.75 Å².